The van der Waals surface area contributed by atoms with Crippen LogP contribution in [0.15, 0.2) is 57.9 Å². The van der Waals surface area contributed by atoms with E-state index in [2.05, 4.69) is 33.8 Å². The van der Waals surface area contributed by atoms with Gasteiger partial charge in [0.2, 0.25) is 10.0 Å². The molecule has 0 amide bonds. The molecule has 0 aliphatic carbocycles. The van der Waals surface area contributed by atoms with E-state index in [1.807, 2.05) is 32.0 Å². The summed E-state index contributed by atoms with van der Waals surface area (Å²) >= 11 is 0. The highest BCUT2D eigenvalue weighted by Crippen LogP contribution is 2.32. The van der Waals surface area contributed by atoms with Crippen molar-refractivity contribution in [3.63, 3.8) is 0 Å². The van der Waals surface area contributed by atoms with E-state index in [9.17, 15) is 8.42 Å². The molecule has 1 aromatic heterocycles. The maximum Gasteiger partial charge on any atom is 0.244 e. The van der Waals surface area contributed by atoms with Gasteiger partial charge in [-0.05, 0) is 57.5 Å². The fourth-order valence-electron chi connectivity index (χ4n) is 3.38. The van der Waals surface area contributed by atoms with Gasteiger partial charge in [0.15, 0.2) is 5.76 Å². The highest BCUT2D eigenvalue weighted by Gasteiger charge is 2.22. The molecule has 0 aliphatic rings. The average Bonchev–Trinajstić information content (AvgIpc) is 3.12. The number of para-hydroxylation sites is 1. The molecule has 0 radical (unpaired) electrons. The maximum atomic E-state index is 13.0. The van der Waals surface area contributed by atoms with Crippen LogP contribution in [-0.4, -0.2) is 40.3 Å². The van der Waals surface area contributed by atoms with Crippen molar-refractivity contribution in [3.05, 3.63) is 59.8 Å². The lowest BCUT2D eigenvalue weighted by molar-refractivity contribution is 0.402. The third-order valence-corrected chi connectivity index (χ3v) is 6.75. The summed E-state index contributed by atoms with van der Waals surface area (Å²) < 4.78 is 39.4. The molecule has 0 saturated heterocycles. The van der Waals surface area contributed by atoms with Crippen molar-refractivity contribution in [2.24, 2.45) is 0 Å². The zero-order chi connectivity index (χ0) is 22.4. The number of nitrogens with one attached hydrogen (secondary N) is 1. The van der Waals surface area contributed by atoms with Crippen LogP contribution in [0.5, 0.6) is 5.75 Å². The van der Waals surface area contributed by atoms with Crippen LogP contribution in [0.3, 0.4) is 0 Å². The number of hydrogen-bond donors (Lipinski definition) is 1. The summed E-state index contributed by atoms with van der Waals surface area (Å²) in [6.07, 6.45) is 0.671. The lowest BCUT2D eigenvalue weighted by Gasteiger charge is -2.23. The standard InChI is InChI=1S/C23H29N3O4S/c1-5-26(20-10-7-6-8-11-20)15-9-14-24-31(27,28)22-16-19(12-13-21(22)29-4)23-17(2)18(3)25-30-23/h6-8,10-13,16,24H,5,9,14-15H2,1-4H3. The molecule has 1 heterocycles. The van der Waals surface area contributed by atoms with Gasteiger partial charge >= 0.3 is 0 Å². The Labute approximate surface area is 184 Å². The zero-order valence-corrected chi connectivity index (χ0v) is 19.2. The molecule has 2 aromatic carbocycles. The Morgan fingerprint density at radius 1 is 1.13 bits per heavy atom. The normalized spacial score (nSPS) is 11.5. The number of rotatable bonds is 10. The summed E-state index contributed by atoms with van der Waals surface area (Å²) in [6, 6.07) is 15.0. The molecule has 8 heteroatoms. The summed E-state index contributed by atoms with van der Waals surface area (Å²) in [5.74, 6) is 0.836. The zero-order valence-electron chi connectivity index (χ0n) is 18.4. The van der Waals surface area contributed by atoms with Gasteiger partial charge in [-0.2, -0.15) is 0 Å². The largest absolute Gasteiger partial charge is 0.495 e. The van der Waals surface area contributed by atoms with Gasteiger partial charge in [0.25, 0.3) is 0 Å². The van der Waals surface area contributed by atoms with Crippen molar-refractivity contribution in [3.8, 4) is 17.1 Å². The molecule has 1 N–H and O–H groups in total. The Morgan fingerprint density at radius 2 is 1.87 bits per heavy atom. The second-order valence-corrected chi connectivity index (χ2v) is 8.99. The maximum absolute atomic E-state index is 13.0. The minimum Gasteiger partial charge on any atom is -0.495 e. The second kappa shape index (κ2) is 9.98. The molecule has 31 heavy (non-hydrogen) atoms. The molecule has 0 fully saturated rings. The summed E-state index contributed by atoms with van der Waals surface area (Å²) in [5, 5.41) is 3.96. The molecule has 0 saturated carbocycles. The van der Waals surface area contributed by atoms with E-state index in [-0.39, 0.29) is 10.6 Å². The first-order valence-corrected chi connectivity index (χ1v) is 11.8. The third kappa shape index (κ3) is 5.26. The highest BCUT2D eigenvalue weighted by molar-refractivity contribution is 7.89. The van der Waals surface area contributed by atoms with Crippen molar-refractivity contribution in [2.75, 3.05) is 31.6 Å². The number of sulfonamides is 1. The van der Waals surface area contributed by atoms with Gasteiger partial charge in [-0.15, -0.1) is 0 Å². The van der Waals surface area contributed by atoms with Gasteiger partial charge in [0.05, 0.1) is 12.8 Å². The number of methoxy groups -OCH3 is 1. The van der Waals surface area contributed by atoms with Crippen LogP contribution < -0.4 is 14.4 Å². The van der Waals surface area contributed by atoms with Gasteiger partial charge < -0.3 is 14.2 Å². The first-order chi connectivity index (χ1) is 14.9. The van der Waals surface area contributed by atoms with Crippen molar-refractivity contribution < 1.29 is 17.7 Å². The van der Waals surface area contributed by atoms with E-state index >= 15 is 0 Å². The van der Waals surface area contributed by atoms with Crippen molar-refractivity contribution >= 4 is 15.7 Å². The third-order valence-electron chi connectivity index (χ3n) is 5.27. The second-order valence-electron chi connectivity index (χ2n) is 7.25. The van der Waals surface area contributed by atoms with Gasteiger partial charge in [-0.25, -0.2) is 13.1 Å². The van der Waals surface area contributed by atoms with Crippen LogP contribution in [0.25, 0.3) is 11.3 Å². The molecule has 0 aliphatic heterocycles. The Kier molecular flexibility index (Phi) is 7.35. The van der Waals surface area contributed by atoms with Crippen LogP contribution in [0.4, 0.5) is 5.69 Å². The topological polar surface area (TPSA) is 84.7 Å². The van der Waals surface area contributed by atoms with E-state index in [1.165, 1.54) is 7.11 Å². The van der Waals surface area contributed by atoms with Gasteiger partial charge in [0, 0.05) is 36.4 Å². The Hall–Kier alpha value is -2.84. The number of hydrogen-bond acceptors (Lipinski definition) is 6. The Morgan fingerprint density at radius 3 is 2.48 bits per heavy atom. The first-order valence-electron chi connectivity index (χ1n) is 10.3. The van der Waals surface area contributed by atoms with Crippen LogP contribution in [-0.2, 0) is 10.0 Å². The fourth-order valence-corrected chi connectivity index (χ4v) is 4.64. The molecule has 0 spiro atoms. The molecule has 3 aromatic rings. The number of aryl methyl sites for hydroxylation is 1. The van der Waals surface area contributed by atoms with E-state index in [0.717, 1.165) is 30.0 Å². The fraction of sp³-hybridized carbons (Fsp3) is 0.348. The lowest BCUT2D eigenvalue weighted by Crippen LogP contribution is -2.30. The van der Waals surface area contributed by atoms with E-state index in [0.29, 0.717) is 24.3 Å². The predicted octanol–water partition coefficient (Wildman–Crippen LogP) is 4.16. The monoisotopic (exact) mass is 443 g/mol. The molecular weight excluding hydrogens is 414 g/mol. The minimum atomic E-state index is -3.76. The summed E-state index contributed by atoms with van der Waals surface area (Å²) in [6.45, 7) is 7.74. The summed E-state index contributed by atoms with van der Waals surface area (Å²) in [7, 11) is -2.31. The number of anilines is 1. The van der Waals surface area contributed by atoms with Gasteiger partial charge in [0.1, 0.15) is 10.6 Å². The highest BCUT2D eigenvalue weighted by atomic mass is 32.2. The SMILES string of the molecule is CCN(CCCNS(=O)(=O)c1cc(-c2onc(C)c2C)ccc1OC)c1ccccc1. The molecule has 7 nitrogen and oxygen atoms in total. The molecule has 0 atom stereocenters. The number of nitrogens with zero attached hydrogens (tertiary/aromatic N) is 2. The minimum absolute atomic E-state index is 0.0800. The quantitative estimate of drug-likeness (QED) is 0.474. The van der Waals surface area contributed by atoms with Crippen LogP contribution in [0.2, 0.25) is 0 Å². The predicted molar refractivity (Wildman–Crippen MR) is 122 cm³/mol. The van der Waals surface area contributed by atoms with E-state index in [1.54, 1.807) is 18.2 Å². The van der Waals surface area contributed by atoms with Crippen molar-refractivity contribution in [2.45, 2.75) is 32.1 Å². The molecule has 0 bridgehead atoms. The van der Waals surface area contributed by atoms with E-state index < -0.39 is 10.0 Å². The molecular formula is C23H29N3O4S. The average molecular weight is 444 g/mol. The smallest absolute Gasteiger partial charge is 0.244 e. The van der Waals surface area contributed by atoms with E-state index in [4.69, 9.17) is 9.26 Å². The summed E-state index contributed by atoms with van der Waals surface area (Å²) in [5.41, 5.74) is 3.41. The Balaban J connectivity index is 1.72. The van der Waals surface area contributed by atoms with Crippen molar-refractivity contribution in [1.29, 1.82) is 0 Å². The van der Waals surface area contributed by atoms with Crippen molar-refractivity contribution in [1.82, 2.24) is 9.88 Å². The number of ether oxygens (including phenoxy) is 1. The number of benzene rings is 2. The Bertz CT molecular complexity index is 1110. The molecule has 166 valence electrons. The van der Waals surface area contributed by atoms with Crippen LogP contribution >= 0.6 is 0 Å². The molecule has 3 rings (SSSR count). The first kappa shape index (κ1) is 22.8. The van der Waals surface area contributed by atoms with Crippen LogP contribution in [0.1, 0.15) is 24.6 Å². The number of aromatic nitrogens is 1. The summed E-state index contributed by atoms with van der Waals surface area (Å²) in [4.78, 5) is 2.29. The molecule has 0 unspecified atom stereocenters. The van der Waals surface area contributed by atoms with Gasteiger partial charge in [-0.1, -0.05) is 23.4 Å². The van der Waals surface area contributed by atoms with Gasteiger partial charge in [-0.3, -0.25) is 0 Å². The lowest BCUT2D eigenvalue weighted by atomic mass is 10.1. The van der Waals surface area contributed by atoms with Crippen LogP contribution in [0, 0.1) is 13.8 Å².